The van der Waals surface area contributed by atoms with Crippen LogP contribution in [0.1, 0.15) is 33.2 Å². The summed E-state index contributed by atoms with van der Waals surface area (Å²) in [5.74, 6) is 0.213. The number of esters is 1. The number of ether oxygens (including phenoxy) is 2. The zero-order chi connectivity index (χ0) is 15.2. The molecule has 0 fully saturated rings. The van der Waals surface area contributed by atoms with E-state index in [9.17, 15) is 9.59 Å². The number of aldehydes is 1. The van der Waals surface area contributed by atoms with Crippen molar-refractivity contribution in [1.82, 2.24) is 0 Å². The first-order chi connectivity index (χ1) is 10.1. The zero-order valence-electron chi connectivity index (χ0n) is 12.0. The van der Waals surface area contributed by atoms with Crippen molar-refractivity contribution in [1.29, 1.82) is 0 Å². The average molecular weight is 284 g/mol. The van der Waals surface area contributed by atoms with Crippen LogP contribution in [-0.2, 0) is 0 Å². The van der Waals surface area contributed by atoms with Gasteiger partial charge in [-0.05, 0) is 44.2 Å². The summed E-state index contributed by atoms with van der Waals surface area (Å²) in [6, 6.07) is 11.8. The van der Waals surface area contributed by atoms with Crippen LogP contribution in [0.15, 0.2) is 42.5 Å². The molecule has 0 radical (unpaired) electrons. The Morgan fingerprint density at radius 1 is 1.10 bits per heavy atom. The van der Waals surface area contributed by atoms with E-state index in [1.807, 2.05) is 26.0 Å². The molecule has 0 unspecified atom stereocenters. The van der Waals surface area contributed by atoms with Gasteiger partial charge < -0.3 is 9.47 Å². The predicted molar refractivity (Wildman–Crippen MR) is 79.1 cm³/mol. The van der Waals surface area contributed by atoms with E-state index in [0.717, 1.165) is 5.56 Å². The van der Waals surface area contributed by atoms with E-state index in [1.165, 1.54) is 0 Å². The highest BCUT2D eigenvalue weighted by molar-refractivity contribution is 5.91. The number of benzene rings is 2. The van der Waals surface area contributed by atoms with Crippen molar-refractivity contribution in [2.24, 2.45) is 0 Å². The first kappa shape index (κ1) is 14.8. The smallest absolute Gasteiger partial charge is 0.343 e. The van der Waals surface area contributed by atoms with Crippen LogP contribution in [0.5, 0.6) is 11.5 Å². The Morgan fingerprint density at radius 3 is 2.43 bits per heavy atom. The topological polar surface area (TPSA) is 52.6 Å². The summed E-state index contributed by atoms with van der Waals surface area (Å²) in [7, 11) is 0. The van der Waals surface area contributed by atoms with Crippen molar-refractivity contribution in [3.05, 3.63) is 59.2 Å². The number of hydrogen-bond acceptors (Lipinski definition) is 4. The van der Waals surface area contributed by atoms with Gasteiger partial charge in [0.05, 0.1) is 12.2 Å². The Kier molecular flexibility index (Phi) is 4.72. The molecule has 0 saturated carbocycles. The molecule has 0 aliphatic carbocycles. The minimum atomic E-state index is -0.463. The minimum absolute atomic E-state index is 0.299. The number of carbonyl (C=O) groups is 2. The molecule has 4 nitrogen and oxygen atoms in total. The molecular weight excluding hydrogens is 268 g/mol. The van der Waals surface area contributed by atoms with Gasteiger partial charge in [0.1, 0.15) is 6.29 Å². The van der Waals surface area contributed by atoms with E-state index >= 15 is 0 Å². The lowest BCUT2D eigenvalue weighted by molar-refractivity contribution is 0.0728. The first-order valence-corrected chi connectivity index (χ1v) is 6.65. The number of rotatable bonds is 5. The van der Waals surface area contributed by atoms with Crippen LogP contribution in [0.3, 0.4) is 0 Å². The largest absolute Gasteiger partial charge is 0.490 e. The van der Waals surface area contributed by atoms with Gasteiger partial charge in [-0.3, -0.25) is 4.79 Å². The van der Waals surface area contributed by atoms with Gasteiger partial charge in [-0.1, -0.05) is 17.7 Å². The Bertz CT molecular complexity index is 644. The lowest BCUT2D eigenvalue weighted by Crippen LogP contribution is -2.09. The second kappa shape index (κ2) is 6.70. The van der Waals surface area contributed by atoms with Crippen molar-refractivity contribution in [3.8, 4) is 11.5 Å². The van der Waals surface area contributed by atoms with Gasteiger partial charge in [0.15, 0.2) is 11.5 Å². The molecule has 0 bridgehead atoms. The Hall–Kier alpha value is -2.62. The van der Waals surface area contributed by atoms with Crippen LogP contribution in [0, 0.1) is 6.92 Å². The van der Waals surface area contributed by atoms with Crippen molar-refractivity contribution in [2.45, 2.75) is 13.8 Å². The van der Waals surface area contributed by atoms with Crippen LogP contribution >= 0.6 is 0 Å². The maximum atomic E-state index is 12.1. The summed E-state index contributed by atoms with van der Waals surface area (Å²) in [6.07, 6.45) is 0.716. The number of carbonyl (C=O) groups excluding carboxylic acids is 2. The van der Waals surface area contributed by atoms with Crippen LogP contribution in [0.4, 0.5) is 0 Å². The van der Waals surface area contributed by atoms with Gasteiger partial charge in [0, 0.05) is 5.56 Å². The minimum Gasteiger partial charge on any atom is -0.490 e. The molecule has 0 saturated heterocycles. The number of aryl methyl sites for hydroxylation is 1. The molecule has 0 aliphatic heterocycles. The maximum Gasteiger partial charge on any atom is 0.343 e. The molecule has 2 aromatic carbocycles. The normalized spacial score (nSPS) is 10.0. The summed E-state index contributed by atoms with van der Waals surface area (Å²) in [5.41, 5.74) is 1.99. The third-order valence-electron chi connectivity index (χ3n) is 2.89. The van der Waals surface area contributed by atoms with E-state index in [2.05, 4.69) is 0 Å². The van der Waals surface area contributed by atoms with E-state index in [0.29, 0.717) is 35.5 Å². The standard InChI is InChI=1S/C17H16O4/c1-3-20-16-10-13(11-18)6-9-15(16)21-17(19)14-7-4-12(2)5-8-14/h4-11H,3H2,1-2H3. The van der Waals surface area contributed by atoms with Crippen molar-refractivity contribution in [2.75, 3.05) is 6.61 Å². The zero-order valence-corrected chi connectivity index (χ0v) is 12.0. The molecule has 0 amide bonds. The van der Waals surface area contributed by atoms with E-state index in [4.69, 9.17) is 9.47 Å². The van der Waals surface area contributed by atoms with Gasteiger partial charge in [-0.25, -0.2) is 4.79 Å². The SMILES string of the molecule is CCOc1cc(C=O)ccc1OC(=O)c1ccc(C)cc1. The number of hydrogen-bond donors (Lipinski definition) is 0. The van der Waals surface area contributed by atoms with Crippen molar-refractivity contribution >= 4 is 12.3 Å². The monoisotopic (exact) mass is 284 g/mol. The summed E-state index contributed by atoms with van der Waals surface area (Å²) >= 11 is 0. The lowest BCUT2D eigenvalue weighted by atomic mass is 10.1. The van der Waals surface area contributed by atoms with Gasteiger partial charge >= 0.3 is 5.97 Å². The highest BCUT2D eigenvalue weighted by atomic mass is 16.6. The van der Waals surface area contributed by atoms with Gasteiger partial charge in [-0.2, -0.15) is 0 Å². The summed E-state index contributed by atoms with van der Waals surface area (Å²) < 4.78 is 10.7. The second-order valence-electron chi connectivity index (χ2n) is 4.51. The van der Waals surface area contributed by atoms with Gasteiger partial charge in [0.2, 0.25) is 0 Å². The molecule has 0 spiro atoms. The molecule has 21 heavy (non-hydrogen) atoms. The molecule has 0 N–H and O–H groups in total. The Labute approximate surface area is 123 Å². The maximum absolute atomic E-state index is 12.1. The quantitative estimate of drug-likeness (QED) is 0.479. The predicted octanol–water partition coefficient (Wildman–Crippen LogP) is 3.43. The fourth-order valence-electron chi connectivity index (χ4n) is 1.80. The Morgan fingerprint density at radius 2 is 1.81 bits per heavy atom. The fourth-order valence-corrected chi connectivity index (χ4v) is 1.80. The van der Waals surface area contributed by atoms with Crippen LogP contribution in [0.2, 0.25) is 0 Å². The molecule has 0 atom stereocenters. The van der Waals surface area contributed by atoms with Crippen molar-refractivity contribution < 1.29 is 19.1 Å². The molecule has 0 heterocycles. The van der Waals surface area contributed by atoms with Crippen LogP contribution in [0.25, 0.3) is 0 Å². The third kappa shape index (κ3) is 3.69. The van der Waals surface area contributed by atoms with Crippen LogP contribution in [-0.4, -0.2) is 18.9 Å². The molecule has 4 heteroatoms. The summed E-state index contributed by atoms with van der Waals surface area (Å²) in [4.78, 5) is 22.9. The van der Waals surface area contributed by atoms with E-state index in [-0.39, 0.29) is 0 Å². The lowest BCUT2D eigenvalue weighted by Gasteiger charge is -2.11. The van der Waals surface area contributed by atoms with E-state index < -0.39 is 5.97 Å². The average Bonchev–Trinajstić information content (AvgIpc) is 2.49. The van der Waals surface area contributed by atoms with Gasteiger partial charge in [-0.15, -0.1) is 0 Å². The first-order valence-electron chi connectivity index (χ1n) is 6.65. The Balaban J connectivity index is 2.23. The fraction of sp³-hybridized carbons (Fsp3) is 0.176. The molecule has 0 aromatic heterocycles. The molecule has 2 aromatic rings. The highest BCUT2D eigenvalue weighted by Gasteiger charge is 2.13. The third-order valence-corrected chi connectivity index (χ3v) is 2.89. The summed E-state index contributed by atoms with van der Waals surface area (Å²) in [5, 5.41) is 0. The molecular formula is C17H16O4. The van der Waals surface area contributed by atoms with Crippen molar-refractivity contribution in [3.63, 3.8) is 0 Å². The van der Waals surface area contributed by atoms with E-state index in [1.54, 1.807) is 30.3 Å². The van der Waals surface area contributed by atoms with Crippen LogP contribution < -0.4 is 9.47 Å². The second-order valence-corrected chi connectivity index (χ2v) is 4.51. The molecule has 0 aliphatic rings. The molecule has 2 rings (SSSR count). The van der Waals surface area contributed by atoms with Gasteiger partial charge in [0.25, 0.3) is 0 Å². The highest BCUT2D eigenvalue weighted by Crippen LogP contribution is 2.28. The summed E-state index contributed by atoms with van der Waals surface area (Å²) in [6.45, 7) is 4.18. The molecule has 108 valence electrons.